The van der Waals surface area contributed by atoms with E-state index in [9.17, 15) is 0 Å². The van der Waals surface area contributed by atoms with Crippen LogP contribution in [-0.4, -0.2) is 9.97 Å². The van der Waals surface area contributed by atoms with Crippen molar-refractivity contribution in [3.8, 4) is 11.4 Å². The largest absolute Gasteiger partial charge is 0.384 e. The van der Waals surface area contributed by atoms with Crippen LogP contribution in [0.25, 0.3) is 11.4 Å². The molecular weight excluding hydrogens is 290 g/mol. The van der Waals surface area contributed by atoms with Gasteiger partial charge in [0, 0.05) is 27.7 Å². The van der Waals surface area contributed by atoms with Gasteiger partial charge in [-0.1, -0.05) is 22.0 Å². The number of aromatic nitrogens is 2. The van der Waals surface area contributed by atoms with E-state index in [2.05, 4.69) is 45.0 Å². The molecule has 1 heterocycles. The molecule has 0 aliphatic heterocycles. The molecule has 3 nitrogen and oxygen atoms in total. The number of nitrogen functional groups attached to an aromatic ring is 1. The molecule has 0 unspecified atom stereocenters. The number of rotatable bonds is 2. The monoisotopic (exact) mass is 303 g/mol. The minimum Gasteiger partial charge on any atom is -0.384 e. The summed E-state index contributed by atoms with van der Waals surface area (Å²) in [5, 5.41) is 0. The Kier molecular flexibility index (Phi) is 2.82. The second-order valence-corrected chi connectivity index (χ2v) is 5.65. The molecule has 18 heavy (non-hydrogen) atoms. The van der Waals surface area contributed by atoms with Gasteiger partial charge in [0.25, 0.3) is 0 Å². The standard InChI is InChI=1S/C14H14BrN3/c1-8-2-5-10(11(15)6-8)14-17-12(9-3-4-9)7-13(16)18-14/h2,5-7,9H,3-4H2,1H3,(H2,16,17,18). The van der Waals surface area contributed by atoms with Crippen molar-refractivity contribution in [3.05, 3.63) is 40.0 Å². The summed E-state index contributed by atoms with van der Waals surface area (Å²) in [6.07, 6.45) is 2.43. The third-order valence-corrected chi connectivity index (χ3v) is 3.78. The highest BCUT2D eigenvalue weighted by molar-refractivity contribution is 9.10. The number of nitrogens with two attached hydrogens (primary N) is 1. The average Bonchev–Trinajstić information content (AvgIpc) is 3.11. The van der Waals surface area contributed by atoms with Gasteiger partial charge in [-0.3, -0.25) is 0 Å². The van der Waals surface area contributed by atoms with Gasteiger partial charge in [0.1, 0.15) is 5.82 Å². The van der Waals surface area contributed by atoms with Crippen LogP contribution in [0.4, 0.5) is 5.82 Å². The molecule has 0 spiro atoms. The Labute approximate surface area is 115 Å². The Bertz CT molecular complexity index is 606. The molecule has 4 heteroatoms. The number of anilines is 1. The minimum absolute atomic E-state index is 0.550. The zero-order valence-corrected chi connectivity index (χ0v) is 11.7. The van der Waals surface area contributed by atoms with Crippen molar-refractivity contribution in [2.24, 2.45) is 0 Å². The van der Waals surface area contributed by atoms with Crippen LogP contribution < -0.4 is 5.73 Å². The molecule has 1 aliphatic rings. The number of hydrogen-bond donors (Lipinski definition) is 1. The van der Waals surface area contributed by atoms with Crippen LogP contribution in [0.1, 0.15) is 30.0 Å². The van der Waals surface area contributed by atoms with E-state index < -0.39 is 0 Å². The van der Waals surface area contributed by atoms with Crippen LogP contribution in [0.15, 0.2) is 28.7 Å². The molecule has 1 aromatic carbocycles. The van der Waals surface area contributed by atoms with Gasteiger partial charge in [0.2, 0.25) is 0 Å². The lowest BCUT2D eigenvalue weighted by Gasteiger charge is -2.07. The summed E-state index contributed by atoms with van der Waals surface area (Å²) >= 11 is 3.56. The van der Waals surface area contributed by atoms with Crippen molar-refractivity contribution in [2.45, 2.75) is 25.7 Å². The number of hydrogen-bond acceptors (Lipinski definition) is 3. The van der Waals surface area contributed by atoms with Crippen LogP contribution in [0.2, 0.25) is 0 Å². The van der Waals surface area contributed by atoms with Gasteiger partial charge in [-0.25, -0.2) is 9.97 Å². The molecule has 92 valence electrons. The zero-order valence-electron chi connectivity index (χ0n) is 10.2. The summed E-state index contributed by atoms with van der Waals surface area (Å²) in [7, 11) is 0. The smallest absolute Gasteiger partial charge is 0.162 e. The quantitative estimate of drug-likeness (QED) is 0.921. The fraction of sp³-hybridized carbons (Fsp3) is 0.286. The molecule has 2 aromatic rings. The Morgan fingerprint density at radius 3 is 2.67 bits per heavy atom. The van der Waals surface area contributed by atoms with Gasteiger partial charge in [-0.15, -0.1) is 0 Å². The Morgan fingerprint density at radius 1 is 1.22 bits per heavy atom. The van der Waals surface area contributed by atoms with Crippen LogP contribution in [0, 0.1) is 6.92 Å². The number of halogens is 1. The summed E-state index contributed by atoms with van der Waals surface area (Å²) in [4.78, 5) is 8.98. The molecule has 0 radical (unpaired) electrons. The van der Waals surface area contributed by atoms with Crippen molar-refractivity contribution >= 4 is 21.7 Å². The van der Waals surface area contributed by atoms with E-state index in [1.54, 1.807) is 0 Å². The maximum absolute atomic E-state index is 5.88. The van der Waals surface area contributed by atoms with Gasteiger partial charge in [0.15, 0.2) is 5.82 Å². The second-order valence-electron chi connectivity index (χ2n) is 4.80. The summed E-state index contributed by atoms with van der Waals surface area (Å²) in [6.45, 7) is 2.06. The van der Waals surface area contributed by atoms with Crippen molar-refractivity contribution in [1.29, 1.82) is 0 Å². The number of aryl methyl sites for hydroxylation is 1. The van der Waals surface area contributed by atoms with Crippen LogP contribution in [-0.2, 0) is 0 Å². The molecule has 3 rings (SSSR count). The molecule has 0 saturated heterocycles. The van der Waals surface area contributed by atoms with Crippen LogP contribution in [0.5, 0.6) is 0 Å². The van der Waals surface area contributed by atoms with E-state index in [1.165, 1.54) is 18.4 Å². The maximum Gasteiger partial charge on any atom is 0.162 e. The van der Waals surface area contributed by atoms with E-state index in [1.807, 2.05) is 12.1 Å². The lowest BCUT2D eigenvalue weighted by Crippen LogP contribution is -2.00. The second kappa shape index (κ2) is 4.35. The fourth-order valence-electron chi connectivity index (χ4n) is 2.00. The summed E-state index contributed by atoms with van der Waals surface area (Å²) in [5.74, 6) is 1.84. The SMILES string of the molecule is Cc1ccc(-c2nc(N)cc(C3CC3)n2)c(Br)c1. The van der Waals surface area contributed by atoms with E-state index in [-0.39, 0.29) is 0 Å². The Balaban J connectivity index is 2.10. The predicted octanol–water partition coefficient (Wildman–Crippen LogP) is 3.67. The minimum atomic E-state index is 0.550. The van der Waals surface area contributed by atoms with Gasteiger partial charge >= 0.3 is 0 Å². The van der Waals surface area contributed by atoms with Gasteiger partial charge in [0.05, 0.1) is 0 Å². The highest BCUT2D eigenvalue weighted by Gasteiger charge is 2.26. The molecule has 1 aliphatic carbocycles. The van der Waals surface area contributed by atoms with Crippen molar-refractivity contribution in [3.63, 3.8) is 0 Å². The van der Waals surface area contributed by atoms with Crippen molar-refractivity contribution in [2.75, 3.05) is 5.73 Å². The molecule has 1 fully saturated rings. The maximum atomic E-state index is 5.88. The van der Waals surface area contributed by atoms with Gasteiger partial charge in [-0.2, -0.15) is 0 Å². The normalized spacial score (nSPS) is 14.8. The Morgan fingerprint density at radius 2 is 2.00 bits per heavy atom. The van der Waals surface area contributed by atoms with Crippen molar-refractivity contribution in [1.82, 2.24) is 9.97 Å². The van der Waals surface area contributed by atoms with Crippen molar-refractivity contribution < 1.29 is 0 Å². The first-order valence-electron chi connectivity index (χ1n) is 6.04. The summed E-state index contributed by atoms with van der Waals surface area (Å²) in [6, 6.07) is 8.05. The zero-order chi connectivity index (χ0) is 12.7. The first-order chi connectivity index (χ1) is 8.63. The fourth-order valence-corrected chi connectivity index (χ4v) is 2.67. The van der Waals surface area contributed by atoms with Crippen LogP contribution >= 0.6 is 15.9 Å². The molecule has 1 aromatic heterocycles. The highest BCUT2D eigenvalue weighted by Crippen LogP contribution is 2.40. The third-order valence-electron chi connectivity index (χ3n) is 3.13. The molecular formula is C14H14BrN3. The number of nitrogens with zero attached hydrogens (tertiary/aromatic N) is 2. The lowest BCUT2D eigenvalue weighted by molar-refractivity contribution is 0.997. The average molecular weight is 304 g/mol. The first-order valence-corrected chi connectivity index (χ1v) is 6.84. The predicted molar refractivity (Wildman–Crippen MR) is 76.3 cm³/mol. The Hall–Kier alpha value is -1.42. The van der Waals surface area contributed by atoms with Gasteiger partial charge < -0.3 is 5.73 Å². The lowest BCUT2D eigenvalue weighted by atomic mass is 10.1. The van der Waals surface area contributed by atoms with E-state index in [4.69, 9.17) is 5.73 Å². The molecule has 0 atom stereocenters. The number of benzene rings is 1. The topological polar surface area (TPSA) is 51.8 Å². The van der Waals surface area contributed by atoms with E-state index in [0.717, 1.165) is 15.7 Å². The molecule has 0 bridgehead atoms. The van der Waals surface area contributed by atoms with E-state index in [0.29, 0.717) is 17.6 Å². The molecule has 1 saturated carbocycles. The summed E-state index contributed by atoms with van der Waals surface area (Å²) < 4.78 is 1.01. The first kappa shape index (κ1) is 11.7. The highest BCUT2D eigenvalue weighted by atomic mass is 79.9. The molecule has 0 amide bonds. The van der Waals surface area contributed by atoms with E-state index >= 15 is 0 Å². The molecule has 2 N–H and O–H groups in total. The van der Waals surface area contributed by atoms with Gasteiger partial charge in [-0.05, 0) is 37.5 Å². The third kappa shape index (κ3) is 2.25. The summed E-state index contributed by atoms with van der Waals surface area (Å²) in [5.41, 5.74) is 9.15. The van der Waals surface area contributed by atoms with Crippen LogP contribution in [0.3, 0.4) is 0 Å².